The van der Waals surface area contributed by atoms with Crippen molar-refractivity contribution >= 4 is 22.4 Å². The van der Waals surface area contributed by atoms with Gasteiger partial charge < -0.3 is 5.73 Å². The Balaban J connectivity index is 1.87. The van der Waals surface area contributed by atoms with Gasteiger partial charge in [0.05, 0.1) is 0 Å². The highest BCUT2D eigenvalue weighted by molar-refractivity contribution is 7.84. The lowest BCUT2D eigenvalue weighted by atomic mass is 10.1. The lowest BCUT2D eigenvalue weighted by Gasteiger charge is -2.13. The molecule has 1 fully saturated rings. The van der Waals surface area contributed by atoms with E-state index in [9.17, 15) is 4.21 Å². The Bertz CT molecular complexity index is 400. The van der Waals surface area contributed by atoms with E-state index in [1.165, 1.54) is 12.8 Å². The summed E-state index contributed by atoms with van der Waals surface area (Å²) in [5, 5.41) is 0.723. The first-order valence-corrected chi connectivity index (χ1v) is 7.80. The van der Waals surface area contributed by atoms with Gasteiger partial charge in [0.15, 0.2) is 0 Å². The number of hydrogen-bond donors (Lipinski definition) is 1. The van der Waals surface area contributed by atoms with Crippen LogP contribution < -0.4 is 5.73 Å². The molecule has 0 aliphatic heterocycles. The van der Waals surface area contributed by atoms with Crippen LogP contribution in [0.3, 0.4) is 0 Å². The Morgan fingerprint density at radius 1 is 1.29 bits per heavy atom. The molecule has 0 amide bonds. The smallest absolute Gasteiger partial charge is 0.0485 e. The Morgan fingerprint density at radius 3 is 2.47 bits per heavy atom. The van der Waals surface area contributed by atoms with Crippen LogP contribution in [0.15, 0.2) is 24.3 Å². The first-order valence-electron chi connectivity index (χ1n) is 5.93. The van der Waals surface area contributed by atoms with Gasteiger partial charge in [-0.2, -0.15) is 0 Å². The molecule has 0 bridgehead atoms. The molecular weight excluding hydrogens is 254 g/mol. The summed E-state index contributed by atoms with van der Waals surface area (Å²) in [6.45, 7) is 0.706. The van der Waals surface area contributed by atoms with E-state index in [-0.39, 0.29) is 0 Å². The minimum absolute atomic E-state index is 0.298. The molecule has 1 aromatic carbocycles. The summed E-state index contributed by atoms with van der Waals surface area (Å²) in [6.07, 6.45) is 3.40. The van der Waals surface area contributed by atoms with Crippen LogP contribution >= 0.6 is 11.6 Å². The number of halogens is 1. The summed E-state index contributed by atoms with van der Waals surface area (Å²) in [5.74, 6) is 1.43. The van der Waals surface area contributed by atoms with Gasteiger partial charge >= 0.3 is 0 Å². The molecule has 2 rings (SSSR count). The summed E-state index contributed by atoms with van der Waals surface area (Å²) in [7, 11) is -0.785. The lowest BCUT2D eigenvalue weighted by molar-refractivity contribution is 0.529. The lowest BCUT2D eigenvalue weighted by Crippen LogP contribution is -2.17. The van der Waals surface area contributed by atoms with E-state index in [4.69, 9.17) is 17.3 Å². The molecule has 94 valence electrons. The van der Waals surface area contributed by atoms with Crippen molar-refractivity contribution in [2.75, 3.05) is 12.3 Å². The third kappa shape index (κ3) is 3.80. The fraction of sp³-hybridized carbons (Fsp3) is 0.538. The van der Waals surface area contributed by atoms with E-state index >= 15 is 0 Å². The zero-order valence-corrected chi connectivity index (χ0v) is 11.4. The molecule has 1 aliphatic carbocycles. The Morgan fingerprint density at radius 2 is 1.94 bits per heavy atom. The van der Waals surface area contributed by atoms with Crippen LogP contribution in [0, 0.1) is 5.41 Å². The SMILES string of the molecule is NCCC1(CS(=O)Cc2ccc(Cl)cc2)CC1. The van der Waals surface area contributed by atoms with Crippen LogP contribution in [0.5, 0.6) is 0 Å². The van der Waals surface area contributed by atoms with Crippen LogP contribution in [0.1, 0.15) is 24.8 Å². The van der Waals surface area contributed by atoms with Gasteiger partial charge in [0.25, 0.3) is 0 Å². The van der Waals surface area contributed by atoms with Crippen molar-refractivity contribution in [1.29, 1.82) is 0 Å². The molecule has 0 aromatic heterocycles. The fourth-order valence-electron chi connectivity index (χ4n) is 2.11. The van der Waals surface area contributed by atoms with Gasteiger partial charge in [0.2, 0.25) is 0 Å². The highest BCUT2D eigenvalue weighted by Crippen LogP contribution is 2.49. The van der Waals surface area contributed by atoms with Gasteiger partial charge in [-0.1, -0.05) is 23.7 Å². The van der Waals surface area contributed by atoms with Crippen molar-refractivity contribution in [2.24, 2.45) is 11.1 Å². The third-order valence-corrected chi connectivity index (χ3v) is 5.18. The van der Waals surface area contributed by atoms with E-state index in [2.05, 4.69) is 0 Å². The van der Waals surface area contributed by atoms with Gasteiger partial charge in [-0.25, -0.2) is 0 Å². The molecule has 0 heterocycles. The van der Waals surface area contributed by atoms with Gasteiger partial charge in [-0.15, -0.1) is 0 Å². The number of hydrogen-bond acceptors (Lipinski definition) is 2. The largest absolute Gasteiger partial charge is 0.330 e. The molecule has 0 spiro atoms. The second-order valence-corrected chi connectivity index (χ2v) is 6.79. The van der Waals surface area contributed by atoms with E-state index in [0.29, 0.717) is 17.7 Å². The Labute approximate surface area is 110 Å². The van der Waals surface area contributed by atoms with Crippen LogP contribution in [0.4, 0.5) is 0 Å². The molecule has 2 N–H and O–H groups in total. The van der Waals surface area contributed by atoms with Crippen LogP contribution in [-0.4, -0.2) is 16.5 Å². The van der Waals surface area contributed by atoms with Gasteiger partial charge in [0, 0.05) is 27.3 Å². The predicted octanol–water partition coefficient (Wildman–Crippen LogP) is 2.72. The molecule has 17 heavy (non-hydrogen) atoms. The number of rotatable bonds is 6. The van der Waals surface area contributed by atoms with Crippen molar-refractivity contribution < 1.29 is 4.21 Å². The molecule has 1 aliphatic rings. The highest BCUT2D eigenvalue weighted by atomic mass is 35.5. The summed E-state index contributed by atoms with van der Waals surface area (Å²) < 4.78 is 12.1. The molecule has 1 aromatic rings. The van der Waals surface area contributed by atoms with E-state index < -0.39 is 10.8 Å². The normalized spacial score (nSPS) is 18.9. The van der Waals surface area contributed by atoms with Crippen LogP contribution in [0.2, 0.25) is 5.02 Å². The van der Waals surface area contributed by atoms with Crippen molar-refractivity contribution in [3.05, 3.63) is 34.9 Å². The topological polar surface area (TPSA) is 43.1 Å². The standard InChI is InChI=1S/C13H18ClNOS/c14-12-3-1-11(2-4-12)9-17(16)10-13(5-6-13)7-8-15/h1-4H,5-10,15H2. The quantitative estimate of drug-likeness (QED) is 0.865. The third-order valence-electron chi connectivity index (χ3n) is 3.34. The minimum Gasteiger partial charge on any atom is -0.330 e. The summed E-state index contributed by atoms with van der Waals surface area (Å²) in [4.78, 5) is 0. The van der Waals surface area contributed by atoms with Gasteiger partial charge in [-0.05, 0) is 48.9 Å². The summed E-state index contributed by atoms with van der Waals surface area (Å²) in [5.41, 5.74) is 6.98. The van der Waals surface area contributed by atoms with Crippen molar-refractivity contribution in [3.63, 3.8) is 0 Å². The molecule has 4 heteroatoms. The second-order valence-electron chi connectivity index (χ2n) is 4.89. The zero-order chi connectivity index (χ0) is 12.3. The Kier molecular flexibility index (Phi) is 4.23. The van der Waals surface area contributed by atoms with Crippen molar-refractivity contribution in [3.8, 4) is 0 Å². The highest BCUT2D eigenvalue weighted by Gasteiger charge is 2.42. The van der Waals surface area contributed by atoms with Gasteiger partial charge in [0.1, 0.15) is 0 Å². The molecule has 1 saturated carbocycles. The van der Waals surface area contributed by atoms with E-state index in [1.54, 1.807) is 0 Å². The maximum Gasteiger partial charge on any atom is 0.0485 e. The first kappa shape index (κ1) is 13.1. The number of benzene rings is 1. The monoisotopic (exact) mass is 271 g/mol. The second kappa shape index (κ2) is 5.51. The molecule has 1 unspecified atom stereocenters. The predicted molar refractivity (Wildman–Crippen MR) is 73.5 cm³/mol. The first-order chi connectivity index (χ1) is 8.13. The van der Waals surface area contributed by atoms with Crippen LogP contribution in [0.25, 0.3) is 0 Å². The number of nitrogens with two attached hydrogens (primary N) is 1. The molecule has 0 radical (unpaired) electrons. The van der Waals surface area contributed by atoms with Crippen molar-refractivity contribution in [2.45, 2.75) is 25.0 Å². The minimum atomic E-state index is -0.785. The zero-order valence-electron chi connectivity index (χ0n) is 9.82. The average molecular weight is 272 g/mol. The maximum atomic E-state index is 12.1. The fourth-order valence-corrected chi connectivity index (χ4v) is 4.02. The summed E-state index contributed by atoms with van der Waals surface area (Å²) in [6, 6.07) is 7.59. The van der Waals surface area contributed by atoms with Gasteiger partial charge in [-0.3, -0.25) is 4.21 Å². The maximum absolute atomic E-state index is 12.1. The molecule has 2 nitrogen and oxygen atoms in total. The van der Waals surface area contributed by atoms with E-state index in [0.717, 1.165) is 22.8 Å². The van der Waals surface area contributed by atoms with Crippen molar-refractivity contribution in [1.82, 2.24) is 0 Å². The summed E-state index contributed by atoms with van der Waals surface area (Å²) >= 11 is 5.82. The molecular formula is C13H18ClNOS. The van der Waals surface area contributed by atoms with E-state index in [1.807, 2.05) is 24.3 Å². The average Bonchev–Trinajstić information content (AvgIpc) is 3.02. The Hall–Kier alpha value is -0.380. The molecule has 0 saturated heterocycles. The van der Waals surface area contributed by atoms with Crippen LogP contribution in [-0.2, 0) is 16.6 Å². The molecule has 1 atom stereocenters.